The second-order valence-electron chi connectivity index (χ2n) is 8.58. The minimum Gasteiger partial charge on any atom is -0.496 e. The Morgan fingerprint density at radius 3 is 2.82 bits per heavy atom. The molecule has 1 aliphatic heterocycles. The number of H-pyrrole nitrogens is 1. The lowest BCUT2D eigenvalue weighted by Gasteiger charge is -2.27. The molecular weight excluding hydrogens is 424 g/mol. The van der Waals surface area contributed by atoms with Crippen LogP contribution in [0.1, 0.15) is 43.6 Å². The summed E-state index contributed by atoms with van der Waals surface area (Å²) in [4.78, 5) is 40.9. The predicted molar refractivity (Wildman–Crippen MR) is 122 cm³/mol. The molecule has 1 aromatic carbocycles. The zero-order valence-electron chi connectivity index (χ0n) is 19.1. The third-order valence-corrected chi connectivity index (χ3v) is 5.59. The van der Waals surface area contributed by atoms with E-state index in [4.69, 9.17) is 4.74 Å². The van der Waals surface area contributed by atoms with Crippen LogP contribution in [0.25, 0.3) is 10.9 Å². The molecule has 176 valence electrons. The lowest BCUT2D eigenvalue weighted by molar-refractivity contribution is -0.130. The Balaban J connectivity index is 1.70. The van der Waals surface area contributed by atoms with Crippen LogP contribution in [-0.2, 0) is 9.59 Å². The van der Waals surface area contributed by atoms with Crippen LogP contribution in [0.2, 0.25) is 0 Å². The molecule has 0 unspecified atom stereocenters. The quantitative estimate of drug-likeness (QED) is 0.258. The Hall–Kier alpha value is -3.74. The minimum absolute atomic E-state index is 0.0816. The number of hydrogen-bond acceptors (Lipinski definition) is 6. The van der Waals surface area contributed by atoms with E-state index >= 15 is 0 Å². The van der Waals surface area contributed by atoms with E-state index in [0.717, 1.165) is 22.3 Å². The minimum atomic E-state index is -0.859. The molecule has 0 radical (unpaired) electrons. The molecule has 0 saturated carbocycles. The van der Waals surface area contributed by atoms with Gasteiger partial charge < -0.3 is 20.4 Å². The number of nitriles is 1. The van der Waals surface area contributed by atoms with E-state index in [2.05, 4.69) is 21.0 Å². The van der Waals surface area contributed by atoms with Gasteiger partial charge in [0.2, 0.25) is 5.91 Å². The number of carbonyl (C=O) groups excluding carboxylic acids is 3. The number of benzene rings is 1. The number of nitrogens with one attached hydrogen (secondary N) is 4. The fourth-order valence-electron chi connectivity index (χ4n) is 3.92. The first-order chi connectivity index (χ1) is 15.8. The lowest BCUT2D eigenvalue weighted by atomic mass is 9.98. The van der Waals surface area contributed by atoms with Gasteiger partial charge in [-0.05, 0) is 43.4 Å². The average molecular weight is 455 g/mol. The molecule has 33 heavy (non-hydrogen) atoms. The standard InChI is InChI=1S/C23H30N6O4/c1-14(2)10-18(23(32)28-29(13-24)12-15-6-5-9-25-21(15)30)27-22(31)19-11-16-17(26-19)7-4-8-20(16)33-3/h4,7-8,11,14-15,18,26H,5-6,9-10,12H2,1-3H3,(H,25,30)(H,27,31)(H,28,32)/t15-,18-/m0/s1. The van der Waals surface area contributed by atoms with Gasteiger partial charge in [-0.1, -0.05) is 19.9 Å². The van der Waals surface area contributed by atoms with Crippen molar-refractivity contribution in [2.24, 2.45) is 11.8 Å². The average Bonchev–Trinajstić information content (AvgIpc) is 3.24. The van der Waals surface area contributed by atoms with E-state index < -0.39 is 17.9 Å². The summed E-state index contributed by atoms with van der Waals surface area (Å²) in [5.74, 6) is -0.706. The van der Waals surface area contributed by atoms with Crippen LogP contribution < -0.4 is 20.8 Å². The first-order valence-corrected chi connectivity index (χ1v) is 11.0. The van der Waals surface area contributed by atoms with Crippen molar-refractivity contribution in [2.45, 2.75) is 39.2 Å². The number of piperidine rings is 1. The highest BCUT2D eigenvalue weighted by Crippen LogP contribution is 2.26. The highest BCUT2D eigenvalue weighted by atomic mass is 16.5. The highest BCUT2D eigenvalue weighted by Gasteiger charge is 2.28. The largest absolute Gasteiger partial charge is 0.496 e. The summed E-state index contributed by atoms with van der Waals surface area (Å²) in [5, 5.41) is 16.8. The SMILES string of the molecule is COc1cccc2[nH]c(C(=O)N[C@@H](CC(C)C)C(=O)NN(C#N)C[C@@H]3CCCNC3=O)cc12. The Morgan fingerprint density at radius 1 is 1.36 bits per heavy atom. The molecule has 10 heteroatoms. The summed E-state index contributed by atoms with van der Waals surface area (Å²) in [6.07, 6.45) is 3.77. The number of nitrogens with zero attached hydrogens (tertiary/aromatic N) is 2. The molecule has 1 fully saturated rings. The maximum atomic E-state index is 13.0. The first-order valence-electron chi connectivity index (χ1n) is 11.0. The summed E-state index contributed by atoms with van der Waals surface area (Å²) in [5.41, 5.74) is 3.59. The third kappa shape index (κ3) is 5.94. The van der Waals surface area contributed by atoms with E-state index in [9.17, 15) is 19.6 Å². The van der Waals surface area contributed by atoms with Crippen molar-refractivity contribution >= 4 is 28.6 Å². The van der Waals surface area contributed by atoms with Crippen LogP contribution in [0.5, 0.6) is 5.75 Å². The molecule has 3 rings (SSSR count). The van der Waals surface area contributed by atoms with Crippen LogP contribution in [-0.4, -0.2) is 54.0 Å². The molecule has 0 aliphatic carbocycles. The number of aromatic nitrogens is 1. The van der Waals surface area contributed by atoms with Gasteiger partial charge in [-0.25, -0.2) is 5.01 Å². The molecule has 2 heterocycles. The summed E-state index contributed by atoms with van der Waals surface area (Å²) < 4.78 is 5.34. The third-order valence-electron chi connectivity index (χ3n) is 5.59. The van der Waals surface area contributed by atoms with Crippen LogP contribution in [0.15, 0.2) is 24.3 Å². The molecule has 0 spiro atoms. The van der Waals surface area contributed by atoms with E-state index in [0.29, 0.717) is 30.8 Å². The second kappa shape index (κ2) is 10.7. The molecule has 0 bridgehead atoms. The predicted octanol–water partition coefficient (Wildman–Crippen LogP) is 1.66. The topological polar surface area (TPSA) is 139 Å². The number of hydrazine groups is 1. The number of aromatic amines is 1. The first kappa shape index (κ1) is 23.9. The van der Waals surface area contributed by atoms with E-state index in [1.54, 1.807) is 19.2 Å². The maximum Gasteiger partial charge on any atom is 0.268 e. The van der Waals surface area contributed by atoms with Crippen molar-refractivity contribution in [1.82, 2.24) is 26.1 Å². The Bertz CT molecular complexity index is 1060. The monoisotopic (exact) mass is 454 g/mol. The van der Waals surface area contributed by atoms with Crippen LogP contribution >= 0.6 is 0 Å². The van der Waals surface area contributed by atoms with E-state index in [1.165, 1.54) is 0 Å². The van der Waals surface area contributed by atoms with Gasteiger partial charge >= 0.3 is 0 Å². The van der Waals surface area contributed by atoms with E-state index in [-0.39, 0.29) is 24.3 Å². The van der Waals surface area contributed by atoms with Gasteiger partial charge in [0.1, 0.15) is 17.5 Å². The zero-order valence-corrected chi connectivity index (χ0v) is 19.1. The number of hydrogen-bond donors (Lipinski definition) is 4. The molecular formula is C23H30N6O4. The van der Waals surface area contributed by atoms with Gasteiger partial charge in [0.25, 0.3) is 11.8 Å². The summed E-state index contributed by atoms with van der Waals surface area (Å²) in [6.45, 7) is 4.58. The number of methoxy groups -OCH3 is 1. The fraction of sp³-hybridized carbons (Fsp3) is 0.478. The van der Waals surface area contributed by atoms with Gasteiger partial charge in [0, 0.05) is 17.4 Å². The number of fused-ring (bicyclic) bond motifs is 1. The van der Waals surface area contributed by atoms with Gasteiger partial charge in [0.15, 0.2) is 6.19 Å². The Morgan fingerprint density at radius 2 is 2.15 bits per heavy atom. The molecule has 2 aromatic rings. The highest BCUT2D eigenvalue weighted by molar-refractivity contribution is 6.01. The summed E-state index contributed by atoms with van der Waals surface area (Å²) >= 11 is 0. The molecule has 1 aromatic heterocycles. The van der Waals surface area contributed by atoms with Gasteiger partial charge in [-0.3, -0.25) is 19.8 Å². The Kier molecular flexibility index (Phi) is 7.77. The van der Waals surface area contributed by atoms with Crippen LogP contribution in [0.3, 0.4) is 0 Å². The summed E-state index contributed by atoms with van der Waals surface area (Å²) in [6, 6.07) is 6.27. The number of rotatable bonds is 9. The number of amides is 3. The van der Waals surface area contributed by atoms with Crippen molar-refractivity contribution < 1.29 is 19.1 Å². The normalized spacial score (nSPS) is 16.6. The van der Waals surface area contributed by atoms with E-state index in [1.807, 2.05) is 32.2 Å². The summed E-state index contributed by atoms with van der Waals surface area (Å²) in [7, 11) is 1.56. The van der Waals surface area contributed by atoms with Crippen LogP contribution in [0, 0.1) is 23.3 Å². The van der Waals surface area contributed by atoms with Crippen molar-refractivity contribution in [3.8, 4) is 11.9 Å². The molecule has 3 amide bonds. The fourth-order valence-corrected chi connectivity index (χ4v) is 3.92. The van der Waals surface area contributed by atoms with Crippen molar-refractivity contribution in [3.63, 3.8) is 0 Å². The van der Waals surface area contributed by atoms with Crippen molar-refractivity contribution in [3.05, 3.63) is 30.0 Å². The molecule has 2 atom stereocenters. The smallest absolute Gasteiger partial charge is 0.268 e. The van der Waals surface area contributed by atoms with Gasteiger partial charge in [-0.2, -0.15) is 5.26 Å². The van der Waals surface area contributed by atoms with Crippen LogP contribution in [0.4, 0.5) is 0 Å². The molecule has 1 saturated heterocycles. The molecule has 10 nitrogen and oxygen atoms in total. The zero-order chi connectivity index (χ0) is 24.0. The lowest BCUT2D eigenvalue weighted by Crippen LogP contribution is -2.53. The molecule has 1 aliphatic rings. The van der Waals surface area contributed by atoms with Gasteiger partial charge in [0.05, 0.1) is 19.6 Å². The van der Waals surface area contributed by atoms with Gasteiger partial charge in [-0.15, -0.1) is 0 Å². The second-order valence-corrected chi connectivity index (χ2v) is 8.58. The number of carbonyl (C=O) groups is 3. The Labute approximate surface area is 192 Å². The molecule has 4 N–H and O–H groups in total. The number of ether oxygens (including phenoxy) is 1. The maximum absolute atomic E-state index is 13.0. The van der Waals surface area contributed by atoms with Crippen molar-refractivity contribution in [2.75, 3.05) is 20.2 Å². The van der Waals surface area contributed by atoms with Crippen molar-refractivity contribution in [1.29, 1.82) is 5.26 Å².